The van der Waals surface area contributed by atoms with Crippen molar-refractivity contribution in [3.8, 4) is 0 Å². The lowest BCUT2D eigenvalue weighted by molar-refractivity contribution is -0.168. The molecule has 0 aliphatic carbocycles. The highest BCUT2D eigenvalue weighted by Gasteiger charge is 2.14. The van der Waals surface area contributed by atoms with E-state index in [1.54, 1.807) is 6.07 Å². The van der Waals surface area contributed by atoms with Gasteiger partial charge < -0.3 is 9.47 Å². The van der Waals surface area contributed by atoms with Gasteiger partial charge in [0.1, 0.15) is 6.29 Å². The van der Waals surface area contributed by atoms with Gasteiger partial charge in [-0.3, -0.25) is 4.79 Å². The van der Waals surface area contributed by atoms with Crippen LogP contribution in [0.3, 0.4) is 0 Å². The van der Waals surface area contributed by atoms with E-state index >= 15 is 0 Å². The summed E-state index contributed by atoms with van der Waals surface area (Å²) in [7, 11) is 0. The Morgan fingerprint density at radius 2 is 2.25 bits per heavy atom. The molecule has 16 heavy (non-hydrogen) atoms. The monoisotopic (exact) mass is 220 g/mol. The van der Waals surface area contributed by atoms with Crippen LogP contribution in [0.2, 0.25) is 0 Å². The highest BCUT2D eigenvalue weighted by molar-refractivity contribution is 5.76. The van der Waals surface area contributed by atoms with Gasteiger partial charge in [-0.15, -0.1) is 0 Å². The van der Waals surface area contributed by atoms with Gasteiger partial charge in [-0.2, -0.15) is 0 Å². The first-order chi connectivity index (χ1) is 7.90. The zero-order valence-electron chi connectivity index (χ0n) is 9.22. The van der Waals surface area contributed by atoms with Crippen molar-refractivity contribution >= 4 is 6.29 Å². The third kappa shape index (κ3) is 2.90. The fourth-order valence-corrected chi connectivity index (χ4v) is 1.81. The highest BCUT2D eigenvalue weighted by Crippen LogP contribution is 2.16. The molecule has 1 heterocycles. The van der Waals surface area contributed by atoms with Crippen LogP contribution in [0.25, 0.3) is 0 Å². The molecule has 0 N–H and O–H groups in total. The maximum atomic E-state index is 10.8. The van der Waals surface area contributed by atoms with Crippen molar-refractivity contribution in [2.45, 2.75) is 32.2 Å². The quantitative estimate of drug-likeness (QED) is 0.731. The van der Waals surface area contributed by atoms with Crippen LogP contribution >= 0.6 is 0 Å². The Hall–Kier alpha value is -1.19. The second kappa shape index (κ2) is 5.77. The Morgan fingerprint density at radius 3 is 3.00 bits per heavy atom. The van der Waals surface area contributed by atoms with Crippen LogP contribution in [-0.2, 0) is 16.1 Å². The standard InChI is InChI=1S/C13H16O3/c14-9-11-5-1-2-6-12(11)10-16-13-7-3-4-8-15-13/h1-2,5-6,9,13H,3-4,7-8,10H2/t13-/m0/s1. The van der Waals surface area contributed by atoms with E-state index < -0.39 is 0 Å². The van der Waals surface area contributed by atoms with Gasteiger partial charge in [-0.1, -0.05) is 24.3 Å². The van der Waals surface area contributed by atoms with Crippen molar-refractivity contribution in [3.63, 3.8) is 0 Å². The molecular weight excluding hydrogens is 204 g/mol. The Morgan fingerprint density at radius 1 is 1.38 bits per heavy atom. The lowest BCUT2D eigenvalue weighted by Gasteiger charge is -2.22. The average molecular weight is 220 g/mol. The van der Waals surface area contributed by atoms with E-state index in [1.165, 1.54) is 0 Å². The van der Waals surface area contributed by atoms with Crippen LogP contribution in [0.4, 0.5) is 0 Å². The molecule has 86 valence electrons. The lowest BCUT2D eigenvalue weighted by atomic mass is 10.1. The summed E-state index contributed by atoms with van der Waals surface area (Å²) < 4.78 is 11.1. The van der Waals surface area contributed by atoms with Crippen LogP contribution in [0.1, 0.15) is 35.2 Å². The number of hydrogen-bond acceptors (Lipinski definition) is 3. The highest BCUT2D eigenvalue weighted by atomic mass is 16.7. The summed E-state index contributed by atoms with van der Waals surface area (Å²) in [5.41, 5.74) is 1.62. The second-order valence-electron chi connectivity index (χ2n) is 3.92. The lowest BCUT2D eigenvalue weighted by Crippen LogP contribution is -2.22. The van der Waals surface area contributed by atoms with Gasteiger partial charge in [-0.25, -0.2) is 0 Å². The van der Waals surface area contributed by atoms with E-state index in [-0.39, 0.29) is 6.29 Å². The van der Waals surface area contributed by atoms with Crippen LogP contribution in [0, 0.1) is 0 Å². The smallest absolute Gasteiger partial charge is 0.158 e. The third-order valence-electron chi connectivity index (χ3n) is 2.74. The van der Waals surface area contributed by atoms with Crippen molar-refractivity contribution in [3.05, 3.63) is 35.4 Å². The largest absolute Gasteiger partial charge is 0.353 e. The molecule has 1 fully saturated rings. The van der Waals surface area contributed by atoms with Crippen molar-refractivity contribution in [1.82, 2.24) is 0 Å². The Labute approximate surface area is 95.4 Å². The molecule has 1 aliphatic heterocycles. The SMILES string of the molecule is O=Cc1ccccc1CO[C@H]1CCCCO1. The fourth-order valence-electron chi connectivity index (χ4n) is 1.81. The van der Waals surface area contributed by atoms with Crippen LogP contribution in [0.5, 0.6) is 0 Å². The molecule has 1 aromatic rings. The summed E-state index contributed by atoms with van der Waals surface area (Å²) in [5.74, 6) is 0. The number of aldehydes is 1. The predicted molar refractivity (Wildman–Crippen MR) is 60.2 cm³/mol. The maximum Gasteiger partial charge on any atom is 0.158 e. The molecule has 0 amide bonds. The summed E-state index contributed by atoms with van der Waals surface area (Å²) in [6, 6.07) is 7.47. The summed E-state index contributed by atoms with van der Waals surface area (Å²) in [4.78, 5) is 10.8. The van der Waals surface area contributed by atoms with Crippen molar-refractivity contribution in [1.29, 1.82) is 0 Å². The van der Waals surface area contributed by atoms with E-state index in [4.69, 9.17) is 9.47 Å². The maximum absolute atomic E-state index is 10.8. The van der Waals surface area contributed by atoms with E-state index in [2.05, 4.69) is 0 Å². The summed E-state index contributed by atoms with van der Waals surface area (Å²) in [6.07, 6.45) is 3.97. The molecule has 3 nitrogen and oxygen atoms in total. The van der Waals surface area contributed by atoms with Crippen LogP contribution in [-0.4, -0.2) is 19.2 Å². The van der Waals surface area contributed by atoms with Gasteiger partial charge >= 0.3 is 0 Å². The van der Waals surface area contributed by atoms with Gasteiger partial charge in [0.2, 0.25) is 0 Å². The third-order valence-corrected chi connectivity index (χ3v) is 2.74. The van der Waals surface area contributed by atoms with Gasteiger partial charge in [0.25, 0.3) is 0 Å². The van der Waals surface area contributed by atoms with Crippen molar-refractivity contribution in [2.24, 2.45) is 0 Å². The number of carbonyl (C=O) groups is 1. The van der Waals surface area contributed by atoms with Gasteiger partial charge in [0.15, 0.2) is 6.29 Å². The molecule has 0 unspecified atom stereocenters. The zero-order valence-corrected chi connectivity index (χ0v) is 9.22. The van der Waals surface area contributed by atoms with Crippen LogP contribution in [0.15, 0.2) is 24.3 Å². The normalized spacial score (nSPS) is 20.6. The number of carbonyl (C=O) groups excluding carboxylic acids is 1. The Bertz CT molecular complexity index is 343. The van der Waals surface area contributed by atoms with Gasteiger partial charge in [0.05, 0.1) is 6.61 Å². The average Bonchev–Trinajstić information content (AvgIpc) is 2.38. The topological polar surface area (TPSA) is 35.5 Å². The molecule has 0 bridgehead atoms. The zero-order chi connectivity index (χ0) is 11.2. The molecular formula is C13H16O3. The second-order valence-corrected chi connectivity index (χ2v) is 3.92. The Kier molecular flexibility index (Phi) is 4.08. The van der Waals surface area contributed by atoms with E-state index in [0.717, 1.165) is 37.7 Å². The minimum absolute atomic E-state index is 0.103. The minimum Gasteiger partial charge on any atom is -0.353 e. The fraction of sp³-hybridized carbons (Fsp3) is 0.462. The van der Waals surface area contributed by atoms with Gasteiger partial charge in [-0.05, 0) is 24.8 Å². The van der Waals surface area contributed by atoms with E-state index in [9.17, 15) is 4.79 Å². The molecule has 1 aromatic carbocycles. The Balaban J connectivity index is 1.90. The summed E-state index contributed by atoms with van der Waals surface area (Å²) in [5, 5.41) is 0. The first kappa shape index (κ1) is 11.3. The first-order valence-corrected chi connectivity index (χ1v) is 5.66. The van der Waals surface area contributed by atoms with E-state index in [0.29, 0.717) is 12.2 Å². The molecule has 0 spiro atoms. The summed E-state index contributed by atoms with van der Waals surface area (Å²) in [6.45, 7) is 1.22. The molecule has 1 aliphatic rings. The molecule has 3 heteroatoms. The van der Waals surface area contributed by atoms with Crippen LogP contribution < -0.4 is 0 Å². The molecule has 1 atom stereocenters. The minimum atomic E-state index is -0.103. The number of benzene rings is 1. The number of ether oxygens (including phenoxy) is 2. The van der Waals surface area contributed by atoms with Crippen molar-refractivity contribution in [2.75, 3.05) is 6.61 Å². The van der Waals surface area contributed by atoms with E-state index in [1.807, 2.05) is 18.2 Å². The molecule has 0 saturated carbocycles. The molecule has 1 saturated heterocycles. The molecule has 0 radical (unpaired) electrons. The van der Waals surface area contributed by atoms with Gasteiger partial charge in [0, 0.05) is 12.2 Å². The summed E-state index contributed by atoms with van der Waals surface area (Å²) >= 11 is 0. The molecule has 2 rings (SSSR count). The first-order valence-electron chi connectivity index (χ1n) is 5.66. The van der Waals surface area contributed by atoms with Crippen molar-refractivity contribution < 1.29 is 14.3 Å². The molecule has 0 aromatic heterocycles. The number of rotatable bonds is 4. The number of hydrogen-bond donors (Lipinski definition) is 0. The predicted octanol–water partition coefficient (Wildman–Crippen LogP) is 2.54.